The zero-order valence-electron chi connectivity index (χ0n) is 25.7. The zero-order chi connectivity index (χ0) is 35.0. The van der Waals surface area contributed by atoms with Crippen LogP contribution in [0.4, 0.5) is 0 Å². The molecule has 3 atom stereocenters. The van der Waals surface area contributed by atoms with Gasteiger partial charge < -0.3 is 45.7 Å². The normalized spacial score (nSPS) is 12.3. The van der Waals surface area contributed by atoms with Gasteiger partial charge >= 0.3 is 17.9 Å². The Morgan fingerprint density at radius 1 is 0.809 bits per heavy atom. The molecule has 6 N–H and O–H groups in total. The first-order valence-electron chi connectivity index (χ1n) is 14.4. The fourth-order valence-corrected chi connectivity index (χ4v) is 3.74. The van der Waals surface area contributed by atoms with Gasteiger partial charge in [-0.1, -0.05) is 35.4 Å². The van der Waals surface area contributed by atoms with Crippen molar-refractivity contribution in [3.05, 3.63) is 46.3 Å². The van der Waals surface area contributed by atoms with E-state index in [1.54, 1.807) is 30.3 Å². The van der Waals surface area contributed by atoms with Crippen LogP contribution in [0, 0.1) is 0 Å². The van der Waals surface area contributed by atoms with E-state index in [9.17, 15) is 38.7 Å². The van der Waals surface area contributed by atoms with E-state index in [1.807, 2.05) is 0 Å². The number of hydrogen-bond acceptors (Lipinski definition) is 11. The smallest absolute Gasteiger partial charge is 0.306 e. The lowest BCUT2D eigenvalue weighted by Crippen LogP contribution is -2.57. The van der Waals surface area contributed by atoms with Crippen LogP contribution >= 0.6 is 0 Å². The molecular weight excluding hydrogens is 626 g/mol. The summed E-state index contributed by atoms with van der Waals surface area (Å²) in [6.45, 7) is 1.63. The first kappa shape index (κ1) is 39.8. The molecule has 0 fully saturated rings. The number of carboxylic acid groups (broad SMARTS) is 2. The summed E-state index contributed by atoms with van der Waals surface area (Å²) in [6.07, 6.45) is -2.46. The molecular formula is C28H39N7O12. The molecule has 0 aromatic heterocycles. The second-order valence-corrected chi connectivity index (χ2v) is 9.73. The van der Waals surface area contributed by atoms with E-state index < -0.39 is 78.9 Å². The molecule has 0 aliphatic heterocycles. The maximum Gasteiger partial charge on any atom is 0.306 e. The fraction of sp³-hybridized carbons (Fsp3) is 0.536. The maximum absolute atomic E-state index is 13.3. The average molecular weight is 666 g/mol. The number of amides is 4. The quantitative estimate of drug-likeness (QED) is 0.0265. The van der Waals surface area contributed by atoms with Gasteiger partial charge in [-0.15, -0.1) is 0 Å². The van der Waals surface area contributed by atoms with E-state index >= 15 is 0 Å². The molecule has 0 aliphatic carbocycles. The summed E-state index contributed by atoms with van der Waals surface area (Å²) in [7, 11) is 0. The SMILES string of the molecule is CC(=O)N[C@@H](CC(=O)O)C(=O)N[C@H](CCC(=O)OCc1ccccc1)C(=O)N[C@@H](CC(=O)O)C(=O)NCCOCCOCCN=[N+]=[N-]. The van der Waals surface area contributed by atoms with Crippen molar-refractivity contribution in [1.29, 1.82) is 0 Å². The topological polar surface area (TPSA) is 285 Å². The maximum atomic E-state index is 13.3. The molecule has 0 unspecified atom stereocenters. The summed E-state index contributed by atoms with van der Waals surface area (Å²) in [4.78, 5) is 88.2. The third kappa shape index (κ3) is 19.0. The third-order valence-electron chi connectivity index (χ3n) is 5.91. The number of nitrogens with zero attached hydrogens (tertiary/aromatic N) is 3. The van der Waals surface area contributed by atoms with Crippen LogP contribution in [0.2, 0.25) is 0 Å². The Hall–Kier alpha value is -5.26. The van der Waals surface area contributed by atoms with Crippen LogP contribution in [0.1, 0.15) is 38.2 Å². The van der Waals surface area contributed by atoms with Crippen LogP contribution in [-0.4, -0.2) is 109 Å². The highest BCUT2D eigenvalue weighted by Crippen LogP contribution is 2.07. The van der Waals surface area contributed by atoms with Gasteiger partial charge in [-0.3, -0.25) is 33.6 Å². The van der Waals surface area contributed by atoms with Gasteiger partial charge in [0.25, 0.3) is 0 Å². The van der Waals surface area contributed by atoms with Gasteiger partial charge in [-0.2, -0.15) is 0 Å². The molecule has 0 aliphatic rings. The van der Waals surface area contributed by atoms with Gasteiger partial charge in [0.2, 0.25) is 23.6 Å². The highest BCUT2D eigenvalue weighted by molar-refractivity contribution is 5.96. The number of azide groups is 1. The van der Waals surface area contributed by atoms with E-state index in [0.717, 1.165) is 6.92 Å². The van der Waals surface area contributed by atoms with Crippen molar-refractivity contribution in [3.8, 4) is 0 Å². The van der Waals surface area contributed by atoms with Crippen molar-refractivity contribution in [2.45, 2.75) is 57.3 Å². The molecule has 19 heteroatoms. The summed E-state index contributed by atoms with van der Waals surface area (Å²) >= 11 is 0. The number of ether oxygens (including phenoxy) is 3. The number of hydrogen-bond donors (Lipinski definition) is 6. The second-order valence-electron chi connectivity index (χ2n) is 9.73. The minimum absolute atomic E-state index is 0.0110. The first-order chi connectivity index (χ1) is 22.4. The standard InChI is InChI=1S/C28H39N7O12/c1-18(36)32-22(16-24(39)40)28(44)33-20(7-8-25(41)47-17-19-5-3-2-4-6-19)27(43)34-21(15-23(37)38)26(42)30-9-11-45-13-14-46-12-10-31-35-29/h2-6,20-22H,7-17H2,1H3,(H,30,42)(H,32,36)(H,33,44)(H,34,43)(H,37,38)(H,39,40)/t20-,21+,22+/m1/s1. The van der Waals surface area contributed by atoms with Gasteiger partial charge in [0.1, 0.15) is 24.7 Å². The number of rotatable bonds is 24. The Labute approximate surface area is 269 Å². The molecule has 0 bridgehead atoms. The molecule has 1 aromatic rings. The zero-order valence-corrected chi connectivity index (χ0v) is 25.7. The Morgan fingerprint density at radius 2 is 1.38 bits per heavy atom. The fourth-order valence-electron chi connectivity index (χ4n) is 3.74. The van der Waals surface area contributed by atoms with Gasteiger partial charge in [0.15, 0.2) is 0 Å². The van der Waals surface area contributed by atoms with Crippen LogP contribution in [-0.2, 0) is 54.4 Å². The summed E-state index contributed by atoms with van der Waals surface area (Å²) in [6, 6.07) is 3.94. The minimum atomic E-state index is -1.61. The van der Waals surface area contributed by atoms with Gasteiger partial charge in [-0.25, -0.2) is 0 Å². The molecule has 1 rings (SSSR count). The molecule has 0 radical (unpaired) electrons. The van der Waals surface area contributed by atoms with E-state index in [-0.39, 0.29) is 52.5 Å². The molecule has 1 aromatic carbocycles. The number of carbonyl (C=O) groups excluding carboxylic acids is 5. The molecule has 0 heterocycles. The van der Waals surface area contributed by atoms with Crippen LogP contribution in [0.3, 0.4) is 0 Å². The van der Waals surface area contributed by atoms with Crippen molar-refractivity contribution in [2.75, 3.05) is 39.5 Å². The van der Waals surface area contributed by atoms with Crippen molar-refractivity contribution in [3.63, 3.8) is 0 Å². The highest BCUT2D eigenvalue weighted by atomic mass is 16.5. The van der Waals surface area contributed by atoms with Gasteiger partial charge in [-0.05, 0) is 17.5 Å². The van der Waals surface area contributed by atoms with Gasteiger partial charge in [0.05, 0.1) is 39.3 Å². The van der Waals surface area contributed by atoms with Crippen LogP contribution in [0.5, 0.6) is 0 Å². The largest absolute Gasteiger partial charge is 0.481 e. The van der Waals surface area contributed by atoms with E-state index in [1.165, 1.54) is 0 Å². The van der Waals surface area contributed by atoms with Crippen molar-refractivity contribution in [2.24, 2.45) is 5.11 Å². The van der Waals surface area contributed by atoms with E-state index in [0.29, 0.717) is 5.56 Å². The number of nitrogens with one attached hydrogen (secondary N) is 4. The Balaban J connectivity index is 2.89. The predicted molar refractivity (Wildman–Crippen MR) is 160 cm³/mol. The summed E-state index contributed by atoms with van der Waals surface area (Å²) in [5.74, 6) is -7.34. The van der Waals surface area contributed by atoms with Crippen LogP contribution in [0.25, 0.3) is 10.4 Å². The van der Waals surface area contributed by atoms with Crippen LogP contribution in [0.15, 0.2) is 35.4 Å². The molecule has 47 heavy (non-hydrogen) atoms. The monoisotopic (exact) mass is 665 g/mol. The lowest BCUT2D eigenvalue weighted by atomic mass is 10.1. The third-order valence-corrected chi connectivity index (χ3v) is 5.91. The number of carbonyl (C=O) groups is 7. The van der Waals surface area contributed by atoms with Crippen LogP contribution < -0.4 is 21.3 Å². The Kier molecular flexibility index (Phi) is 19.6. The summed E-state index contributed by atoms with van der Waals surface area (Å²) in [5, 5.41) is 30.9. The number of aliphatic carboxylic acids is 2. The Morgan fingerprint density at radius 3 is 1.98 bits per heavy atom. The molecule has 0 spiro atoms. The number of benzene rings is 1. The lowest BCUT2D eigenvalue weighted by Gasteiger charge is -2.24. The second kappa shape index (κ2) is 23.1. The minimum Gasteiger partial charge on any atom is -0.481 e. The molecule has 0 saturated heterocycles. The summed E-state index contributed by atoms with van der Waals surface area (Å²) in [5.41, 5.74) is 8.89. The van der Waals surface area contributed by atoms with Crippen molar-refractivity contribution < 1.29 is 58.0 Å². The van der Waals surface area contributed by atoms with E-state index in [4.69, 9.17) is 24.8 Å². The highest BCUT2D eigenvalue weighted by Gasteiger charge is 2.31. The number of carboxylic acids is 2. The van der Waals surface area contributed by atoms with E-state index in [2.05, 4.69) is 31.3 Å². The molecule has 19 nitrogen and oxygen atoms in total. The predicted octanol–water partition coefficient (Wildman–Crippen LogP) is -0.607. The first-order valence-corrected chi connectivity index (χ1v) is 14.4. The Bertz CT molecular complexity index is 1240. The van der Waals surface area contributed by atoms with Crippen molar-refractivity contribution >= 4 is 41.5 Å². The molecule has 0 saturated carbocycles. The lowest BCUT2D eigenvalue weighted by molar-refractivity contribution is -0.145. The summed E-state index contributed by atoms with van der Waals surface area (Å²) < 4.78 is 15.6. The molecule has 4 amide bonds. The van der Waals surface area contributed by atoms with Crippen molar-refractivity contribution in [1.82, 2.24) is 21.3 Å². The van der Waals surface area contributed by atoms with Gasteiger partial charge in [0, 0.05) is 31.3 Å². The average Bonchev–Trinajstić information content (AvgIpc) is 3.01. The number of esters is 1. The molecule has 258 valence electrons.